The van der Waals surface area contributed by atoms with Gasteiger partial charge >= 0.3 is 0 Å². The third kappa shape index (κ3) is 8.70. The van der Waals surface area contributed by atoms with E-state index >= 15 is 0 Å². The lowest BCUT2D eigenvalue weighted by Crippen LogP contribution is -2.05. The van der Waals surface area contributed by atoms with Crippen molar-refractivity contribution < 1.29 is 9.36 Å². The first-order valence-corrected chi connectivity index (χ1v) is 14.2. The lowest BCUT2D eigenvalue weighted by molar-refractivity contribution is 0.107. The quantitative estimate of drug-likeness (QED) is 0.199. The predicted molar refractivity (Wildman–Crippen MR) is 140 cm³/mol. The van der Waals surface area contributed by atoms with E-state index in [9.17, 15) is 9.36 Å². The van der Waals surface area contributed by atoms with Crippen molar-refractivity contribution in [3.63, 3.8) is 0 Å². The zero-order valence-electron chi connectivity index (χ0n) is 20.8. The van der Waals surface area contributed by atoms with Crippen molar-refractivity contribution in [3.05, 3.63) is 69.8 Å². The highest BCUT2D eigenvalue weighted by molar-refractivity contribution is 7.64. The molecule has 0 aliphatic carbocycles. The highest BCUT2D eigenvalue weighted by Crippen LogP contribution is 2.33. The summed E-state index contributed by atoms with van der Waals surface area (Å²) in [7, 11) is -2.21. The van der Waals surface area contributed by atoms with Crippen LogP contribution in [-0.2, 0) is 11.0 Å². The van der Waals surface area contributed by atoms with Crippen molar-refractivity contribution in [1.29, 1.82) is 0 Å². The fourth-order valence-electron chi connectivity index (χ4n) is 4.56. The zero-order chi connectivity index (χ0) is 23.3. The summed E-state index contributed by atoms with van der Waals surface area (Å²) in [5.41, 5.74) is 6.37. The highest BCUT2D eigenvalue weighted by atomic mass is 31.1. The van der Waals surface area contributed by atoms with Gasteiger partial charge in [-0.1, -0.05) is 87.8 Å². The molecular formula is C29H43O2P. The van der Waals surface area contributed by atoms with Crippen LogP contribution in [0, 0.1) is 27.7 Å². The molecular weight excluding hydrogens is 411 g/mol. The Labute approximate surface area is 197 Å². The third-order valence-corrected chi connectivity index (χ3v) is 8.36. The number of hydrogen-bond acceptors (Lipinski definition) is 2. The molecule has 32 heavy (non-hydrogen) atoms. The minimum Gasteiger partial charge on any atom is -0.318 e. The van der Waals surface area contributed by atoms with E-state index in [0.29, 0.717) is 11.7 Å². The smallest absolute Gasteiger partial charge is 0.219 e. The normalized spacial score (nSPS) is 12.1. The number of unbranched alkanes of at least 4 members (excludes halogenated alkanes) is 9. The molecule has 1 unspecified atom stereocenters. The van der Waals surface area contributed by atoms with E-state index in [2.05, 4.69) is 37.3 Å². The predicted octanol–water partition coefficient (Wildman–Crippen LogP) is 8.76. The van der Waals surface area contributed by atoms with Crippen molar-refractivity contribution >= 4 is 13.3 Å². The fraction of sp³-hybridized carbons (Fsp3) is 0.552. The van der Waals surface area contributed by atoms with Crippen LogP contribution in [0.4, 0.5) is 0 Å². The van der Waals surface area contributed by atoms with Crippen molar-refractivity contribution in [3.8, 4) is 0 Å². The number of carbonyl (C=O) groups excluding carboxylic acids is 1. The summed E-state index contributed by atoms with van der Waals surface area (Å²) in [6, 6.07) is 12.8. The Hall–Kier alpha value is -1.66. The maximum Gasteiger partial charge on any atom is 0.219 e. The average Bonchev–Trinajstić information content (AvgIpc) is 2.78. The van der Waals surface area contributed by atoms with Crippen LogP contribution in [0.25, 0.3) is 0 Å². The van der Waals surface area contributed by atoms with Crippen LogP contribution in [0.1, 0.15) is 102 Å². The van der Waals surface area contributed by atoms with Gasteiger partial charge < -0.3 is 4.57 Å². The number of aryl methyl sites for hydroxylation is 3. The van der Waals surface area contributed by atoms with E-state index in [-0.39, 0.29) is 5.52 Å². The summed E-state index contributed by atoms with van der Waals surface area (Å²) in [6.07, 6.45) is 14.1. The SMILES string of the molecule is Cc1cc(C)c(C(=O)[PH](=O)CCCCCCCCCCCCc2ccccc2)c(C)c1C. The summed E-state index contributed by atoms with van der Waals surface area (Å²) in [5.74, 6) is 0. The molecule has 0 saturated carbocycles. The second kappa shape index (κ2) is 14.5. The molecule has 3 heteroatoms. The summed E-state index contributed by atoms with van der Waals surface area (Å²) in [5, 5.41) is 0. The highest BCUT2D eigenvalue weighted by Gasteiger charge is 2.20. The number of carbonyl (C=O) groups is 1. The molecule has 2 nitrogen and oxygen atoms in total. The van der Waals surface area contributed by atoms with Gasteiger partial charge in [-0.05, 0) is 74.8 Å². The molecule has 2 rings (SSSR count). The molecule has 0 N–H and O–H groups in total. The number of rotatable bonds is 15. The molecule has 2 aromatic carbocycles. The lowest BCUT2D eigenvalue weighted by Gasteiger charge is -2.14. The maximum absolute atomic E-state index is 12.8. The van der Waals surface area contributed by atoms with Gasteiger partial charge in [0.1, 0.15) is 7.80 Å². The van der Waals surface area contributed by atoms with E-state index in [1.165, 1.54) is 68.9 Å². The van der Waals surface area contributed by atoms with Crippen molar-refractivity contribution in [2.75, 3.05) is 6.16 Å². The second-order valence-corrected chi connectivity index (χ2v) is 11.2. The molecule has 0 radical (unpaired) electrons. The topological polar surface area (TPSA) is 34.1 Å². The van der Waals surface area contributed by atoms with Crippen LogP contribution >= 0.6 is 7.80 Å². The van der Waals surface area contributed by atoms with Crippen LogP contribution in [-0.4, -0.2) is 11.7 Å². The fourth-order valence-corrected chi connectivity index (χ4v) is 6.02. The van der Waals surface area contributed by atoms with E-state index < -0.39 is 7.80 Å². The summed E-state index contributed by atoms with van der Waals surface area (Å²) >= 11 is 0. The zero-order valence-corrected chi connectivity index (χ0v) is 21.8. The van der Waals surface area contributed by atoms with Crippen LogP contribution in [0.5, 0.6) is 0 Å². The van der Waals surface area contributed by atoms with Gasteiger partial charge in [0.2, 0.25) is 5.52 Å². The van der Waals surface area contributed by atoms with Gasteiger partial charge in [0.05, 0.1) is 0 Å². The third-order valence-electron chi connectivity index (χ3n) is 6.80. The van der Waals surface area contributed by atoms with Crippen LogP contribution in [0.2, 0.25) is 0 Å². The average molecular weight is 455 g/mol. The van der Waals surface area contributed by atoms with Gasteiger partial charge in [-0.15, -0.1) is 0 Å². The first-order valence-electron chi connectivity index (χ1n) is 12.6. The molecule has 0 heterocycles. The Balaban J connectivity index is 1.51. The molecule has 0 fully saturated rings. The number of hydrogen-bond donors (Lipinski definition) is 0. The molecule has 0 aliphatic rings. The first-order chi connectivity index (χ1) is 15.4. The largest absolute Gasteiger partial charge is 0.318 e. The summed E-state index contributed by atoms with van der Waals surface area (Å²) in [6.45, 7) is 8.06. The molecule has 1 atom stereocenters. The Morgan fingerprint density at radius 3 is 1.81 bits per heavy atom. The Bertz CT molecular complexity index is 870. The molecule has 0 aliphatic heterocycles. The first kappa shape index (κ1) is 26.6. The van der Waals surface area contributed by atoms with Gasteiger partial charge in [0.25, 0.3) is 0 Å². The molecule has 0 spiro atoms. The maximum atomic E-state index is 12.8. The van der Waals surface area contributed by atoms with E-state index in [1.54, 1.807) is 0 Å². The van der Waals surface area contributed by atoms with E-state index in [4.69, 9.17) is 0 Å². The van der Waals surface area contributed by atoms with Gasteiger partial charge in [0.15, 0.2) is 0 Å². The Morgan fingerprint density at radius 1 is 0.688 bits per heavy atom. The molecule has 0 bridgehead atoms. The van der Waals surface area contributed by atoms with Crippen molar-refractivity contribution in [2.24, 2.45) is 0 Å². The van der Waals surface area contributed by atoms with Gasteiger partial charge in [-0.2, -0.15) is 0 Å². The number of benzene rings is 2. The molecule has 0 amide bonds. The molecule has 0 saturated heterocycles. The standard InChI is InChI=1S/C29H43O2P/c1-23-22-24(2)28(26(4)25(23)3)29(30)32(31)21-17-12-10-8-6-5-7-9-11-14-18-27-19-15-13-16-20-27/h13,15-16,19-20,22,32H,5-12,14,17-18,21H2,1-4H3. The Morgan fingerprint density at radius 2 is 1.22 bits per heavy atom. The Kier molecular flexibility index (Phi) is 12.0. The van der Waals surface area contributed by atoms with Crippen LogP contribution in [0.15, 0.2) is 36.4 Å². The second-order valence-electron chi connectivity index (χ2n) is 9.41. The van der Waals surface area contributed by atoms with Crippen LogP contribution < -0.4 is 0 Å². The minimum atomic E-state index is -2.21. The van der Waals surface area contributed by atoms with Gasteiger partial charge in [0, 0.05) is 11.7 Å². The molecule has 2 aromatic rings. The van der Waals surface area contributed by atoms with E-state index in [0.717, 1.165) is 29.5 Å². The molecule has 176 valence electrons. The van der Waals surface area contributed by atoms with Crippen LogP contribution in [0.3, 0.4) is 0 Å². The summed E-state index contributed by atoms with van der Waals surface area (Å²) in [4.78, 5) is 12.8. The monoisotopic (exact) mass is 454 g/mol. The lowest BCUT2D eigenvalue weighted by atomic mass is 9.95. The van der Waals surface area contributed by atoms with E-state index in [1.807, 2.05) is 26.8 Å². The van der Waals surface area contributed by atoms with Crippen molar-refractivity contribution in [1.82, 2.24) is 0 Å². The molecule has 0 aromatic heterocycles. The summed E-state index contributed by atoms with van der Waals surface area (Å²) < 4.78 is 12.6. The van der Waals surface area contributed by atoms with Crippen molar-refractivity contribution in [2.45, 2.75) is 98.3 Å². The minimum absolute atomic E-state index is 0.111. The van der Waals surface area contributed by atoms with Gasteiger partial charge in [-0.3, -0.25) is 4.79 Å². The van der Waals surface area contributed by atoms with Gasteiger partial charge in [-0.25, -0.2) is 0 Å².